The quantitative estimate of drug-likeness (QED) is 0.381. The molecule has 3 aromatic rings. The maximum absolute atomic E-state index is 10.4. The molecule has 34 heavy (non-hydrogen) atoms. The van der Waals surface area contributed by atoms with Crippen LogP contribution in [0.1, 0.15) is 27.0 Å². The second-order valence-electron chi connectivity index (χ2n) is 9.96. The van der Waals surface area contributed by atoms with Crippen LogP contribution in [0.2, 0.25) is 18.1 Å². The summed E-state index contributed by atoms with van der Waals surface area (Å²) in [6.45, 7) is 7.41. The van der Waals surface area contributed by atoms with Gasteiger partial charge in [0.1, 0.15) is 24.6 Å². The molecule has 0 spiro atoms. The molecule has 2 fully saturated rings. The van der Waals surface area contributed by atoms with Crippen LogP contribution in [0.15, 0.2) is 29.1 Å². The highest BCUT2D eigenvalue weighted by Crippen LogP contribution is 2.55. The molecule has 3 N–H and O–H groups in total. The Labute approximate surface area is 203 Å². The number of nitrogens with zero attached hydrogens (tertiary/aromatic N) is 4. The average molecular weight is 526 g/mol. The Kier molecular flexibility index (Phi) is 5.77. The van der Waals surface area contributed by atoms with Crippen LogP contribution >= 0.6 is 6.72 Å². The summed E-state index contributed by atoms with van der Waals surface area (Å²) in [5.41, 5.74) is 7.01. The van der Waals surface area contributed by atoms with Gasteiger partial charge in [-0.25, -0.2) is 15.0 Å². The molecule has 2 saturated heterocycles. The first-order chi connectivity index (χ1) is 15.9. The molecule has 0 bridgehead atoms. The second-order valence-corrected chi connectivity index (χ2v) is 17.5. The molecule has 3 aromatic heterocycles. The van der Waals surface area contributed by atoms with Gasteiger partial charge in [0.2, 0.25) is 0 Å². The summed E-state index contributed by atoms with van der Waals surface area (Å²) in [5.74, 6) is 1.20. The van der Waals surface area contributed by atoms with Gasteiger partial charge in [-0.05, 0) is 42.1 Å². The van der Waals surface area contributed by atoms with Crippen LogP contribution in [-0.2, 0) is 30.0 Å². The van der Waals surface area contributed by atoms with E-state index in [2.05, 4.69) is 48.8 Å². The maximum Gasteiger partial charge on any atom is 0.325 e. The number of hydrogen-bond donors (Lipinski definition) is 2. The zero-order chi connectivity index (χ0) is 24.5. The molecule has 0 aliphatic carbocycles. The van der Waals surface area contributed by atoms with E-state index in [1.807, 2.05) is 0 Å². The summed E-state index contributed by atoms with van der Waals surface area (Å²) in [7, 11) is -2.33. The van der Waals surface area contributed by atoms with Crippen molar-refractivity contribution in [3.63, 3.8) is 0 Å². The van der Waals surface area contributed by atoms with Gasteiger partial charge in [0.05, 0.1) is 12.9 Å². The number of furan rings is 1. The van der Waals surface area contributed by atoms with Crippen LogP contribution in [0.5, 0.6) is 0 Å². The second kappa shape index (κ2) is 8.17. The monoisotopic (exact) mass is 525 g/mol. The van der Waals surface area contributed by atoms with Gasteiger partial charge in [-0.1, -0.05) is 20.8 Å². The third kappa shape index (κ3) is 4.03. The Morgan fingerprint density at radius 1 is 1.32 bits per heavy atom. The summed E-state index contributed by atoms with van der Waals surface area (Å²) in [5, 5.41) is -0.0896. The Balaban J connectivity index is 1.68. The first-order valence-electron chi connectivity index (χ1n) is 10.9. The number of ether oxygens (including phenoxy) is 1. The van der Waals surface area contributed by atoms with Gasteiger partial charge in [0.15, 0.2) is 43.1 Å². The fourth-order valence-electron chi connectivity index (χ4n) is 3.92. The van der Waals surface area contributed by atoms with Gasteiger partial charge in [0, 0.05) is 0 Å². The van der Waals surface area contributed by atoms with Crippen molar-refractivity contribution in [2.45, 2.75) is 63.4 Å². The van der Waals surface area contributed by atoms with Crippen LogP contribution in [0.25, 0.3) is 22.7 Å². The van der Waals surface area contributed by atoms with Gasteiger partial charge >= 0.3 is 6.72 Å². The minimum absolute atomic E-state index is 0.0894. The van der Waals surface area contributed by atoms with Crippen LogP contribution in [-0.4, -0.2) is 57.6 Å². The van der Waals surface area contributed by atoms with E-state index in [0.717, 1.165) is 0 Å². The van der Waals surface area contributed by atoms with E-state index in [1.165, 1.54) is 6.33 Å². The Morgan fingerprint density at radius 3 is 2.76 bits per heavy atom. The number of nitrogens with two attached hydrogens (primary N) is 1. The van der Waals surface area contributed by atoms with E-state index in [0.29, 0.717) is 22.7 Å². The molecular weight excluding hydrogens is 497 g/mol. The minimum atomic E-state index is -3.42. The zero-order valence-electron chi connectivity index (χ0n) is 19.5. The molecule has 0 amide bonds. The van der Waals surface area contributed by atoms with Gasteiger partial charge < -0.3 is 28.7 Å². The number of anilines is 1. The van der Waals surface area contributed by atoms with E-state index < -0.39 is 39.6 Å². The highest BCUT2D eigenvalue weighted by Gasteiger charge is 2.56. The summed E-state index contributed by atoms with van der Waals surface area (Å²) >= 11 is 5.16. The van der Waals surface area contributed by atoms with Crippen LogP contribution in [0.3, 0.4) is 0 Å². The smallest absolute Gasteiger partial charge is 0.325 e. The lowest BCUT2D eigenvalue weighted by Gasteiger charge is -2.41. The molecule has 5 rings (SSSR count). The molecule has 2 aliphatic rings. The van der Waals surface area contributed by atoms with Crippen molar-refractivity contribution in [3.8, 4) is 11.6 Å². The van der Waals surface area contributed by atoms with Crippen molar-refractivity contribution in [1.82, 2.24) is 19.5 Å². The third-order valence-corrected chi connectivity index (χ3v) is 12.7. The maximum atomic E-state index is 10.4. The van der Waals surface area contributed by atoms with Gasteiger partial charge in [-0.3, -0.25) is 9.09 Å². The van der Waals surface area contributed by atoms with Crippen molar-refractivity contribution in [2.24, 2.45) is 0 Å². The van der Waals surface area contributed by atoms with Crippen LogP contribution in [0, 0.1) is 0 Å². The van der Waals surface area contributed by atoms with Gasteiger partial charge in [0.25, 0.3) is 0 Å². The number of imidazole rings is 1. The van der Waals surface area contributed by atoms with Crippen molar-refractivity contribution >= 4 is 43.8 Å². The summed E-state index contributed by atoms with van der Waals surface area (Å²) in [6.07, 6.45) is 0.451. The number of aromatic nitrogens is 4. The summed E-state index contributed by atoms with van der Waals surface area (Å²) in [4.78, 5) is 23.7. The van der Waals surface area contributed by atoms with Crippen LogP contribution < -0.4 is 5.73 Å². The Bertz CT molecular complexity index is 1260. The molecule has 14 heteroatoms. The van der Waals surface area contributed by atoms with E-state index in [1.54, 1.807) is 23.0 Å². The molecule has 0 aromatic carbocycles. The van der Waals surface area contributed by atoms with E-state index in [4.69, 9.17) is 40.2 Å². The lowest BCUT2D eigenvalue weighted by molar-refractivity contribution is -0.0586. The molecule has 5 heterocycles. The molecule has 0 radical (unpaired) electrons. The lowest BCUT2D eigenvalue weighted by atomic mass is 10.1. The number of rotatable bonds is 4. The van der Waals surface area contributed by atoms with Crippen LogP contribution in [0.4, 0.5) is 5.82 Å². The first-order valence-corrected chi connectivity index (χ1v) is 16.4. The number of nitrogen functional groups attached to an aromatic ring is 1. The zero-order valence-corrected chi connectivity index (χ0v) is 22.2. The normalized spacial score (nSPS) is 30.1. The van der Waals surface area contributed by atoms with E-state index >= 15 is 0 Å². The van der Waals surface area contributed by atoms with Gasteiger partial charge in [-0.2, -0.15) is 0 Å². The van der Waals surface area contributed by atoms with E-state index in [-0.39, 0.29) is 17.5 Å². The fourth-order valence-corrected chi connectivity index (χ4v) is 6.64. The number of fused-ring (bicyclic) bond motifs is 2. The lowest BCUT2D eigenvalue weighted by Crippen LogP contribution is -2.50. The SMILES string of the molecule is CC(C)(C)[Si](C)(C)O[C@@H]1[C@@H]2OP(O)(=S)OC[C@H]2O[C@H]1n1c(-c2ccco2)nc2c(N)ncnc21. The predicted molar refractivity (Wildman–Crippen MR) is 131 cm³/mol. The largest absolute Gasteiger partial charge is 0.461 e. The third-order valence-electron chi connectivity index (χ3n) is 6.68. The highest BCUT2D eigenvalue weighted by molar-refractivity contribution is 8.07. The molecule has 11 nitrogen and oxygen atoms in total. The topological polar surface area (TPSA) is 140 Å². The molecule has 5 atom stereocenters. The molecule has 184 valence electrons. The molecular formula is C20H28N5O6PSSi. The number of hydrogen-bond acceptors (Lipinski definition) is 10. The van der Waals surface area contributed by atoms with Crippen molar-refractivity contribution in [3.05, 3.63) is 24.7 Å². The molecule has 2 aliphatic heterocycles. The van der Waals surface area contributed by atoms with Crippen molar-refractivity contribution in [2.75, 3.05) is 12.3 Å². The first kappa shape index (κ1) is 24.0. The predicted octanol–water partition coefficient (Wildman–Crippen LogP) is 3.59. The van der Waals surface area contributed by atoms with Gasteiger partial charge in [-0.15, -0.1) is 0 Å². The average Bonchev–Trinajstić information content (AvgIpc) is 3.44. The Hall–Kier alpha value is -1.70. The molecule has 0 saturated carbocycles. The fraction of sp³-hybridized carbons (Fsp3) is 0.550. The van der Waals surface area contributed by atoms with Crippen molar-refractivity contribution < 1.29 is 27.5 Å². The Morgan fingerprint density at radius 2 is 2.09 bits per heavy atom. The van der Waals surface area contributed by atoms with E-state index in [9.17, 15) is 4.89 Å². The highest BCUT2D eigenvalue weighted by atomic mass is 32.5. The standard InChI is InChI=1S/C20H28N5O6PSSi/c1-20(2,3)34(4,5)31-15-14-12(9-28-32(26,33)30-14)29-19(15)25-17(11-7-6-8-27-11)24-13-16(21)22-10-23-18(13)25/h6-8,10,12,14-15,19H,9H2,1-5H3,(H,26,33)(H2,21,22,23)/t12-,14-,15-,19-,32?/m1/s1. The minimum Gasteiger partial charge on any atom is -0.461 e. The van der Waals surface area contributed by atoms with Crippen molar-refractivity contribution in [1.29, 1.82) is 0 Å². The molecule has 1 unspecified atom stereocenters. The summed E-state index contributed by atoms with van der Waals surface area (Å²) < 4.78 is 32.0. The summed E-state index contributed by atoms with van der Waals surface area (Å²) in [6, 6.07) is 3.56.